The van der Waals surface area contributed by atoms with E-state index in [-0.39, 0.29) is 16.5 Å². The zero-order chi connectivity index (χ0) is 13.8. The van der Waals surface area contributed by atoms with Gasteiger partial charge in [0.25, 0.3) is 0 Å². The Morgan fingerprint density at radius 1 is 1.50 bits per heavy atom. The smallest absolute Gasteiger partial charge is 0.151 e. The molecule has 1 rings (SSSR count). The highest BCUT2D eigenvalue weighted by Crippen LogP contribution is 2.13. The number of nitrogens with two attached hydrogens (primary N) is 1. The molecule has 0 aliphatic carbocycles. The summed E-state index contributed by atoms with van der Waals surface area (Å²) >= 11 is 4.92. The lowest BCUT2D eigenvalue weighted by atomic mass is 10.2. The summed E-state index contributed by atoms with van der Waals surface area (Å²) in [6.07, 6.45) is 0. The van der Waals surface area contributed by atoms with Crippen molar-refractivity contribution < 1.29 is 8.42 Å². The Balaban J connectivity index is 2.78. The summed E-state index contributed by atoms with van der Waals surface area (Å²) in [4.78, 5) is 4.51. The fourth-order valence-electron chi connectivity index (χ4n) is 1.36. The second-order valence-corrected chi connectivity index (χ2v) is 6.79. The lowest BCUT2D eigenvalue weighted by Crippen LogP contribution is -2.20. The van der Waals surface area contributed by atoms with Crippen molar-refractivity contribution in [2.24, 2.45) is 5.73 Å². The van der Waals surface area contributed by atoms with Gasteiger partial charge in [0.1, 0.15) is 10.8 Å². The quantitative estimate of drug-likeness (QED) is 0.755. The average Bonchev–Trinajstić information content (AvgIpc) is 2.28. The largest absolute Gasteiger partial charge is 0.389 e. The molecule has 0 saturated carbocycles. The Bertz CT molecular complexity index is 541. The third-order valence-electron chi connectivity index (χ3n) is 2.45. The van der Waals surface area contributed by atoms with Gasteiger partial charge in [-0.05, 0) is 19.1 Å². The molecular formula is C11H17N3O2S2. The third-order valence-corrected chi connectivity index (χ3v) is 4.37. The number of rotatable bonds is 6. The molecule has 0 aliphatic heterocycles. The Labute approximate surface area is 113 Å². The Kier molecular flexibility index (Phi) is 5.03. The van der Waals surface area contributed by atoms with E-state index in [0.717, 1.165) is 5.69 Å². The number of aryl methyl sites for hydroxylation is 1. The molecule has 0 radical (unpaired) electrons. The van der Waals surface area contributed by atoms with Crippen LogP contribution in [0.2, 0.25) is 0 Å². The minimum absolute atomic E-state index is 0.0654. The van der Waals surface area contributed by atoms with Gasteiger partial charge in [-0.2, -0.15) is 0 Å². The van der Waals surface area contributed by atoms with Gasteiger partial charge in [-0.15, -0.1) is 0 Å². The molecular weight excluding hydrogens is 270 g/mol. The predicted molar refractivity (Wildman–Crippen MR) is 77.7 cm³/mol. The van der Waals surface area contributed by atoms with E-state index in [1.54, 1.807) is 13.0 Å². The Morgan fingerprint density at radius 2 is 2.17 bits per heavy atom. The van der Waals surface area contributed by atoms with E-state index in [1.165, 1.54) is 0 Å². The number of hydrogen-bond donors (Lipinski definition) is 2. The SMILES string of the molecule is CCS(=O)(=O)CCNc1nc(C)ccc1C(N)=S. The van der Waals surface area contributed by atoms with Crippen molar-refractivity contribution in [2.75, 3.05) is 23.4 Å². The van der Waals surface area contributed by atoms with Gasteiger partial charge in [0.15, 0.2) is 9.84 Å². The molecule has 0 spiro atoms. The predicted octanol–water partition coefficient (Wildman–Crippen LogP) is 0.871. The molecule has 0 amide bonds. The summed E-state index contributed by atoms with van der Waals surface area (Å²) in [5.74, 6) is 0.738. The van der Waals surface area contributed by atoms with E-state index < -0.39 is 9.84 Å². The van der Waals surface area contributed by atoms with Crippen LogP contribution in [0.25, 0.3) is 0 Å². The van der Waals surface area contributed by atoms with Gasteiger partial charge in [-0.3, -0.25) is 0 Å². The summed E-state index contributed by atoms with van der Waals surface area (Å²) in [6.45, 7) is 3.76. The van der Waals surface area contributed by atoms with E-state index in [0.29, 0.717) is 17.9 Å². The summed E-state index contributed by atoms with van der Waals surface area (Å²) < 4.78 is 22.7. The number of nitrogens with zero attached hydrogens (tertiary/aromatic N) is 1. The molecule has 0 fully saturated rings. The molecule has 100 valence electrons. The molecule has 1 heterocycles. The van der Waals surface area contributed by atoms with Crippen molar-refractivity contribution in [3.05, 3.63) is 23.4 Å². The second-order valence-electron chi connectivity index (χ2n) is 3.88. The molecule has 1 aromatic rings. The first-order chi connectivity index (χ1) is 8.35. The minimum atomic E-state index is -2.99. The fraction of sp³-hybridized carbons (Fsp3) is 0.455. The number of aromatic nitrogens is 1. The van der Waals surface area contributed by atoms with E-state index >= 15 is 0 Å². The van der Waals surface area contributed by atoms with E-state index in [9.17, 15) is 8.42 Å². The second kappa shape index (κ2) is 6.10. The maximum absolute atomic E-state index is 11.4. The molecule has 5 nitrogen and oxygen atoms in total. The van der Waals surface area contributed by atoms with Crippen molar-refractivity contribution >= 4 is 32.9 Å². The number of nitrogens with one attached hydrogen (secondary N) is 1. The van der Waals surface area contributed by atoms with Crippen molar-refractivity contribution in [3.63, 3.8) is 0 Å². The molecule has 0 unspecified atom stereocenters. The highest BCUT2D eigenvalue weighted by molar-refractivity contribution is 7.91. The van der Waals surface area contributed by atoms with Crippen LogP contribution >= 0.6 is 12.2 Å². The number of anilines is 1. The van der Waals surface area contributed by atoms with Crippen LogP contribution in [-0.2, 0) is 9.84 Å². The molecule has 18 heavy (non-hydrogen) atoms. The van der Waals surface area contributed by atoms with Gasteiger partial charge in [0, 0.05) is 18.0 Å². The zero-order valence-corrected chi connectivity index (χ0v) is 12.1. The monoisotopic (exact) mass is 287 g/mol. The normalized spacial score (nSPS) is 11.2. The lowest BCUT2D eigenvalue weighted by molar-refractivity contribution is 0.597. The van der Waals surface area contributed by atoms with Gasteiger partial charge in [0.2, 0.25) is 0 Å². The fourth-order valence-corrected chi connectivity index (χ4v) is 2.23. The van der Waals surface area contributed by atoms with Gasteiger partial charge in [-0.1, -0.05) is 19.1 Å². The maximum atomic E-state index is 11.4. The third kappa shape index (κ3) is 4.23. The Morgan fingerprint density at radius 3 is 2.72 bits per heavy atom. The van der Waals surface area contributed by atoms with Crippen LogP contribution < -0.4 is 11.1 Å². The lowest BCUT2D eigenvalue weighted by Gasteiger charge is -2.10. The van der Waals surface area contributed by atoms with Crippen LogP contribution in [-0.4, -0.2) is 36.4 Å². The molecule has 0 atom stereocenters. The first-order valence-electron chi connectivity index (χ1n) is 5.57. The number of thiocarbonyl (C=S) groups is 1. The molecule has 0 bridgehead atoms. The Hall–Kier alpha value is -1.21. The van der Waals surface area contributed by atoms with Crippen molar-refractivity contribution in [1.82, 2.24) is 4.98 Å². The number of pyridine rings is 1. The molecule has 7 heteroatoms. The van der Waals surface area contributed by atoms with Crippen LogP contribution in [0.5, 0.6) is 0 Å². The topological polar surface area (TPSA) is 85.1 Å². The molecule has 0 saturated heterocycles. The van der Waals surface area contributed by atoms with Crippen molar-refractivity contribution in [2.45, 2.75) is 13.8 Å². The zero-order valence-electron chi connectivity index (χ0n) is 10.4. The molecule has 0 aromatic carbocycles. The summed E-state index contributed by atoms with van der Waals surface area (Å²) in [7, 11) is -2.99. The maximum Gasteiger partial charge on any atom is 0.151 e. The van der Waals surface area contributed by atoms with Gasteiger partial charge < -0.3 is 11.1 Å². The van der Waals surface area contributed by atoms with Crippen LogP contribution in [0, 0.1) is 6.92 Å². The average molecular weight is 287 g/mol. The summed E-state index contributed by atoms with van der Waals surface area (Å²) in [5.41, 5.74) is 7.03. The standard InChI is InChI=1S/C11H17N3O2S2/c1-3-18(15,16)7-6-13-11-9(10(12)17)5-4-8(2)14-11/h4-5H,3,6-7H2,1-2H3,(H2,12,17)(H,13,14). The van der Waals surface area contributed by atoms with Crippen molar-refractivity contribution in [3.8, 4) is 0 Å². The molecule has 3 N–H and O–H groups in total. The highest BCUT2D eigenvalue weighted by Gasteiger charge is 2.10. The van der Waals surface area contributed by atoms with E-state index in [2.05, 4.69) is 10.3 Å². The van der Waals surface area contributed by atoms with E-state index in [4.69, 9.17) is 18.0 Å². The number of sulfone groups is 1. The van der Waals surface area contributed by atoms with Gasteiger partial charge in [0.05, 0.1) is 11.3 Å². The summed E-state index contributed by atoms with van der Waals surface area (Å²) in [6, 6.07) is 3.59. The van der Waals surface area contributed by atoms with Crippen LogP contribution in [0.1, 0.15) is 18.2 Å². The van der Waals surface area contributed by atoms with Gasteiger partial charge >= 0.3 is 0 Å². The first kappa shape index (κ1) is 14.8. The van der Waals surface area contributed by atoms with E-state index in [1.807, 2.05) is 13.0 Å². The molecule has 1 aromatic heterocycles. The van der Waals surface area contributed by atoms with Crippen LogP contribution in [0.4, 0.5) is 5.82 Å². The first-order valence-corrected chi connectivity index (χ1v) is 7.80. The van der Waals surface area contributed by atoms with Crippen LogP contribution in [0.15, 0.2) is 12.1 Å². The van der Waals surface area contributed by atoms with Crippen molar-refractivity contribution in [1.29, 1.82) is 0 Å². The van der Waals surface area contributed by atoms with Crippen LogP contribution in [0.3, 0.4) is 0 Å². The number of hydrogen-bond acceptors (Lipinski definition) is 5. The summed E-state index contributed by atoms with van der Waals surface area (Å²) in [5, 5.41) is 2.97. The van der Waals surface area contributed by atoms with Gasteiger partial charge in [-0.25, -0.2) is 13.4 Å². The minimum Gasteiger partial charge on any atom is -0.389 e. The highest BCUT2D eigenvalue weighted by atomic mass is 32.2. The molecule has 0 aliphatic rings.